The standard InChI is InChI=1S/C14H9F6NO2/c15-8-5-9(22)10(12(17)11(8)16)13(21)6-1-3-7(4-2-6)23-14(18,19)20/h1-5,13,22H,21H2/t13-/m1/s1. The van der Waals surface area contributed by atoms with Crippen molar-refractivity contribution in [3.8, 4) is 11.5 Å². The summed E-state index contributed by atoms with van der Waals surface area (Å²) in [6, 6.07) is 2.91. The van der Waals surface area contributed by atoms with Crippen molar-refractivity contribution in [1.82, 2.24) is 0 Å². The average Bonchev–Trinajstić information content (AvgIpc) is 2.44. The van der Waals surface area contributed by atoms with E-state index in [4.69, 9.17) is 5.73 Å². The molecule has 0 spiro atoms. The second-order valence-corrected chi connectivity index (χ2v) is 4.51. The summed E-state index contributed by atoms with van der Waals surface area (Å²) < 4.78 is 79.7. The van der Waals surface area contributed by atoms with Gasteiger partial charge in [0.25, 0.3) is 0 Å². The molecule has 0 aliphatic heterocycles. The predicted octanol–water partition coefficient (Wildman–Crippen LogP) is 3.76. The monoisotopic (exact) mass is 337 g/mol. The fourth-order valence-electron chi connectivity index (χ4n) is 1.94. The first-order valence-electron chi connectivity index (χ1n) is 6.08. The Morgan fingerprint density at radius 3 is 2.09 bits per heavy atom. The minimum Gasteiger partial charge on any atom is -0.507 e. The number of phenols is 1. The molecule has 0 saturated heterocycles. The van der Waals surface area contributed by atoms with Crippen molar-refractivity contribution in [1.29, 1.82) is 0 Å². The summed E-state index contributed by atoms with van der Waals surface area (Å²) in [5, 5.41) is 9.54. The van der Waals surface area contributed by atoms with Crippen LogP contribution in [-0.2, 0) is 0 Å². The molecule has 124 valence electrons. The number of nitrogens with two attached hydrogens (primary N) is 1. The van der Waals surface area contributed by atoms with Crippen LogP contribution in [0.4, 0.5) is 26.3 Å². The Labute approximate surface area is 125 Å². The summed E-state index contributed by atoms with van der Waals surface area (Å²) in [5.74, 6) is -6.53. The highest BCUT2D eigenvalue weighted by Crippen LogP contribution is 2.33. The minimum atomic E-state index is -4.88. The molecule has 2 aromatic carbocycles. The van der Waals surface area contributed by atoms with Gasteiger partial charge in [-0.15, -0.1) is 13.2 Å². The third-order valence-electron chi connectivity index (χ3n) is 2.96. The SMILES string of the molecule is N[C@H](c1ccc(OC(F)(F)F)cc1)c1c(O)cc(F)c(F)c1F. The van der Waals surface area contributed by atoms with Crippen LogP contribution in [0.1, 0.15) is 17.2 Å². The van der Waals surface area contributed by atoms with Crippen LogP contribution in [0.3, 0.4) is 0 Å². The number of ether oxygens (including phenoxy) is 1. The first-order valence-corrected chi connectivity index (χ1v) is 6.08. The van der Waals surface area contributed by atoms with Crippen LogP contribution in [0.5, 0.6) is 11.5 Å². The van der Waals surface area contributed by atoms with Crippen molar-refractivity contribution in [2.24, 2.45) is 5.73 Å². The predicted molar refractivity (Wildman–Crippen MR) is 67.1 cm³/mol. The maximum Gasteiger partial charge on any atom is 0.573 e. The van der Waals surface area contributed by atoms with Crippen LogP contribution in [0.25, 0.3) is 0 Å². The van der Waals surface area contributed by atoms with E-state index in [2.05, 4.69) is 4.74 Å². The Kier molecular flexibility index (Phi) is 4.42. The molecule has 23 heavy (non-hydrogen) atoms. The summed E-state index contributed by atoms with van der Waals surface area (Å²) in [7, 11) is 0. The van der Waals surface area contributed by atoms with Crippen LogP contribution in [0.2, 0.25) is 0 Å². The van der Waals surface area contributed by atoms with Crippen LogP contribution in [-0.4, -0.2) is 11.5 Å². The Morgan fingerprint density at radius 2 is 1.57 bits per heavy atom. The van der Waals surface area contributed by atoms with Crippen molar-refractivity contribution in [2.45, 2.75) is 12.4 Å². The maximum absolute atomic E-state index is 13.7. The van der Waals surface area contributed by atoms with E-state index in [0.29, 0.717) is 6.07 Å². The fraction of sp³-hybridized carbons (Fsp3) is 0.143. The molecule has 0 aliphatic carbocycles. The minimum absolute atomic E-state index is 0.0553. The van der Waals surface area contributed by atoms with Gasteiger partial charge in [0, 0.05) is 6.07 Å². The molecular formula is C14H9F6NO2. The summed E-state index contributed by atoms with van der Waals surface area (Å²) in [5.41, 5.74) is 5.00. The quantitative estimate of drug-likeness (QED) is 0.662. The van der Waals surface area contributed by atoms with Gasteiger partial charge in [-0.2, -0.15) is 0 Å². The number of hydrogen-bond acceptors (Lipinski definition) is 3. The lowest BCUT2D eigenvalue weighted by atomic mass is 9.97. The molecule has 3 nitrogen and oxygen atoms in total. The van der Waals surface area contributed by atoms with Gasteiger partial charge in [0.15, 0.2) is 17.5 Å². The van der Waals surface area contributed by atoms with Gasteiger partial charge in [-0.25, -0.2) is 13.2 Å². The van der Waals surface area contributed by atoms with Crippen molar-refractivity contribution in [2.75, 3.05) is 0 Å². The lowest BCUT2D eigenvalue weighted by Crippen LogP contribution is -2.18. The largest absolute Gasteiger partial charge is 0.573 e. The third kappa shape index (κ3) is 3.67. The summed E-state index contributed by atoms with van der Waals surface area (Å²) in [4.78, 5) is 0. The van der Waals surface area contributed by atoms with Gasteiger partial charge < -0.3 is 15.6 Å². The molecule has 0 amide bonds. The van der Waals surface area contributed by atoms with Gasteiger partial charge in [-0.1, -0.05) is 12.1 Å². The van der Waals surface area contributed by atoms with Gasteiger partial charge in [0.1, 0.15) is 11.5 Å². The first kappa shape index (κ1) is 16.9. The number of halogens is 6. The summed E-state index contributed by atoms with van der Waals surface area (Å²) in [6.45, 7) is 0. The zero-order valence-corrected chi connectivity index (χ0v) is 11.2. The first-order chi connectivity index (χ1) is 10.6. The Balaban J connectivity index is 2.35. The van der Waals surface area contributed by atoms with Crippen LogP contribution in [0.15, 0.2) is 30.3 Å². The Bertz CT molecular complexity index is 715. The van der Waals surface area contributed by atoms with Gasteiger partial charge in [0.2, 0.25) is 0 Å². The molecule has 0 bridgehead atoms. The fourth-order valence-corrected chi connectivity index (χ4v) is 1.94. The van der Waals surface area contributed by atoms with E-state index < -0.39 is 46.9 Å². The van der Waals surface area contributed by atoms with E-state index in [1.807, 2.05) is 0 Å². The highest BCUT2D eigenvalue weighted by atomic mass is 19.4. The molecular weight excluding hydrogens is 328 g/mol. The topological polar surface area (TPSA) is 55.5 Å². The van der Waals surface area contributed by atoms with Crippen molar-refractivity contribution >= 4 is 0 Å². The van der Waals surface area contributed by atoms with Crippen molar-refractivity contribution in [3.05, 3.63) is 58.9 Å². The highest BCUT2D eigenvalue weighted by Gasteiger charge is 2.31. The van der Waals surface area contributed by atoms with Gasteiger partial charge in [-0.3, -0.25) is 0 Å². The number of alkyl halides is 3. The normalized spacial score (nSPS) is 13.0. The van der Waals surface area contributed by atoms with Crippen LogP contribution < -0.4 is 10.5 Å². The zero-order chi connectivity index (χ0) is 17.4. The van der Waals surface area contributed by atoms with Gasteiger partial charge in [-0.05, 0) is 17.7 Å². The van der Waals surface area contributed by atoms with E-state index in [9.17, 15) is 31.4 Å². The molecule has 0 unspecified atom stereocenters. The average molecular weight is 337 g/mol. The Morgan fingerprint density at radius 1 is 1.00 bits per heavy atom. The highest BCUT2D eigenvalue weighted by molar-refractivity contribution is 5.43. The molecule has 0 aliphatic rings. The molecule has 0 fully saturated rings. The molecule has 0 radical (unpaired) electrons. The van der Waals surface area contributed by atoms with E-state index >= 15 is 0 Å². The summed E-state index contributed by atoms with van der Waals surface area (Å²) in [6.07, 6.45) is -4.88. The smallest absolute Gasteiger partial charge is 0.507 e. The Hall–Kier alpha value is -2.42. The molecule has 0 heterocycles. The van der Waals surface area contributed by atoms with Gasteiger partial charge in [0.05, 0.1) is 11.6 Å². The van der Waals surface area contributed by atoms with Crippen LogP contribution >= 0.6 is 0 Å². The van der Waals surface area contributed by atoms with E-state index in [1.54, 1.807) is 0 Å². The number of benzene rings is 2. The molecule has 2 rings (SSSR count). The number of phenolic OH excluding ortho intramolecular Hbond substituents is 1. The van der Waals surface area contributed by atoms with E-state index in [1.165, 1.54) is 0 Å². The molecule has 2 aromatic rings. The molecule has 0 aromatic heterocycles. The number of aromatic hydroxyl groups is 1. The van der Waals surface area contributed by atoms with Gasteiger partial charge >= 0.3 is 6.36 Å². The third-order valence-corrected chi connectivity index (χ3v) is 2.96. The van der Waals surface area contributed by atoms with Crippen LogP contribution in [0, 0.1) is 17.5 Å². The number of hydrogen-bond donors (Lipinski definition) is 2. The van der Waals surface area contributed by atoms with E-state index in [-0.39, 0.29) is 5.56 Å². The van der Waals surface area contributed by atoms with Crippen molar-refractivity contribution in [3.63, 3.8) is 0 Å². The molecule has 1 atom stereocenters. The second kappa shape index (κ2) is 5.99. The number of rotatable bonds is 3. The lowest BCUT2D eigenvalue weighted by Gasteiger charge is -2.16. The second-order valence-electron chi connectivity index (χ2n) is 4.51. The van der Waals surface area contributed by atoms with E-state index in [0.717, 1.165) is 24.3 Å². The zero-order valence-electron chi connectivity index (χ0n) is 11.2. The van der Waals surface area contributed by atoms with Crippen molar-refractivity contribution < 1.29 is 36.2 Å². The lowest BCUT2D eigenvalue weighted by molar-refractivity contribution is -0.274. The molecule has 0 saturated carbocycles. The maximum atomic E-state index is 13.7. The molecule has 3 N–H and O–H groups in total. The molecule has 9 heteroatoms. The summed E-state index contributed by atoms with van der Waals surface area (Å²) >= 11 is 0.